The molecule has 1 saturated heterocycles. The smallest absolute Gasteiger partial charge is 0.245 e. The van der Waals surface area contributed by atoms with Crippen LogP contribution < -0.4 is 109 Å². The molecular weight excluding hydrogens is 1560 g/mol. The molecule has 36 nitrogen and oxygen atoms in total. The number of nitrogens with one attached hydrogen (secondary N) is 13. The van der Waals surface area contributed by atoms with Crippen LogP contribution in [0.3, 0.4) is 0 Å². The van der Waals surface area contributed by atoms with Crippen molar-refractivity contribution in [3.63, 3.8) is 0 Å². The highest BCUT2D eigenvalue weighted by Gasteiger charge is 2.42. The first kappa shape index (κ1) is 111. The van der Waals surface area contributed by atoms with Gasteiger partial charge in [-0.1, -0.05) is 96.9 Å². The molecule has 1 heterocycles. The summed E-state index contributed by atoms with van der Waals surface area (Å²) >= 11 is 0. The molecule has 0 saturated carbocycles. The maximum absolute atomic E-state index is 14.9. The first-order valence-corrected chi connectivity index (χ1v) is 44.8. The SMILES string of the molecule is CC(=O)N[C@@H](CC(C)C)C(=O)N[C@@H](CCCCN)C(=O)N[C@@H](CCCCN)C(=O)N[C@@H](CC(C)C)C(=O)N[C@@H](CC(C)C)C(=O)N[C@@H](CCCCN)C(=O)N[C@@H](CC(C)C)C(=O)N[C@@H](CC(C)C)C(=O)N[C@@H](CCCCN)C(=O)N[C@@H](CCCCN)C(=O)N[C@@H](CC(C)C)C(=O)N1CCC[C@H]1C(=O)N[C@@H](CCCCN)C(=O)N[C@@H](CC(C)C)C(N)=O. The largest absolute Gasteiger partial charge is 0.368 e. The molecule has 0 aromatic heterocycles. The normalized spacial score (nSPS) is 16.1. The summed E-state index contributed by atoms with van der Waals surface area (Å²) in [6, 6.07) is -16.6. The molecule has 1 aliphatic heterocycles. The van der Waals surface area contributed by atoms with E-state index in [0.717, 1.165) is 0 Å². The lowest BCUT2D eigenvalue weighted by molar-refractivity contribution is -0.143. The summed E-state index contributed by atoms with van der Waals surface area (Å²) in [5, 5.41) is 36.6. The fourth-order valence-corrected chi connectivity index (χ4v) is 14.5. The highest BCUT2D eigenvalue weighted by Crippen LogP contribution is 2.23. The van der Waals surface area contributed by atoms with E-state index in [9.17, 15) is 71.9 Å². The quantitative estimate of drug-likeness (QED) is 0.0376. The van der Waals surface area contributed by atoms with Crippen molar-refractivity contribution in [2.75, 3.05) is 45.8 Å². The van der Waals surface area contributed by atoms with E-state index >= 15 is 0 Å². The standard InChI is InChI=1S/C85H161N21O15/c1-50(2)43-64(72(92)108)100-75(111)63(34-21-27-41-91)99-84(120)71-35-28-42-106(71)85(121)70(49-56(13)14)105-78(114)62(33-20-26-40-90)95-74(110)59(30-17-23-37-87)97-80(116)66(45-52(5)6)103-83(119)69(48-55(11)12)102-77(113)61(32-19-25-39-89)98-81(117)67(46-53(7)8)104-82(118)68(47-54(9)10)101-76(112)60(31-18-24-38-88)94-73(109)58(29-16-22-36-86)96-79(115)65(44-51(3)4)93-57(15)107/h50-56,58-71H,16-49,86-91H2,1-15H3,(H2,92,108)(H,93,107)(H,94,109)(H,95,110)(H,96,115)(H,97,116)(H,98,117)(H,99,120)(H,100,111)(H,101,112)(H,102,113)(H,103,119)(H,104,118)(H,105,114)/t58-,59-,60-,61-,62-,63-,64-,65-,66-,67-,68-,69-,70-,71-/m0/s1. The number of rotatable bonds is 65. The van der Waals surface area contributed by atoms with Crippen LogP contribution in [0.15, 0.2) is 0 Å². The molecule has 15 amide bonds. The number of likely N-dealkylation sites (tertiary alicyclic amines) is 1. The molecule has 1 aliphatic rings. The molecule has 121 heavy (non-hydrogen) atoms. The van der Waals surface area contributed by atoms with Gasteiger partial charge in [-0.3, -0.25) is 71.9 Å². The molecule has 0 bridgehead atoms. The van der Waals surface area contributed by atoms with Gasteiger partial charge in [0.1, 0.15) is 84.6 Å². The van der Waals surface area contributed by atoms with Crippen LogP contribution in [0.4, 0.5) is 0 Å². The van der Waals surface area contributed by atoms with Crippen LogP contribution >= 0.6 is 0 Å². The van der Waals surface area contributed by atoms with Crippen LogP contribution in [0.5, 0.6) is 0 Å². The zero-order chi connectivity index (χ0) is 91.6. The van der Waals surface area contributed by atoms with E-state index < -0.39 is 173 Å². The second-order valence-electron chi connectivity index (χ2n) is 35.7. The van der Waals surface area contributed by atoms with Crippen molar-refractivity contribution in [3.05, 3.63) is 0 Å². The van der Waals surface area contributed by atoms with Gasteiger partial charge >= 0.3 is 0 Å². The summed E-state index contributed by atoms with van der Waals surface area (Å²) in [7, 11) is 0. The van der Waals surface area contributed by atoms with Crippen LogP contribution in [-0.4, -0.2) is 224 Å². The Morgan fingerprint density at radius 2 is 0.455 bits per heavy atom. The Labute approximate surface area is 720 Å². The number of unbranched alkanes of at least 4 members (excludes halogenated alkanes) is 6. The summed E-state index contributed by atoms with van der Waals surface area (Å²) in [5.41, 5.74) is 40.9. The molecule has 36 heteroatoms. The average molecular weight is 1720 g/mol. The molecule has 27 N–H and O–H groups in total. The van der Waals surface area contributed by atoms with E-state index in [4.69, 9.17) is 40.1 Å². The minimum Gasteiger partial charge on any atom is -0.368 e. The van der Waals surface area contributed by atoms with Gasteiger partial charge in [-0.15, -0.1) is 0 Å². The maximum atomic E-state index is 14.9. The predicted molar refractivity (Wildman–Crippen MR) is 468 cm³/mol. The van der Waals surface area contributed by atoms with Gasteiger partial charge in [-0.05, 0) is 254 Å². The zero-order valence-electron chi connectivity index (χ0n) is 75.8. The Morgan fingerprint density at radius 1 is 0.264 bits per heavy atom. The lowest BCUT2D eigenvalue weighted by Gasteiger charge is -2.32. The second kappa shape index (κ2) is 61.2. The van der Waals surface area contributed by atoms with Crippen molar-refractivity contribution < 1.29 is 71.9 Å². The number of nitrogens with zero attached hydrogens (tertiary/aromatic N) is 1. The van der Waals surface area contributed by atoms with Gasteiger partial charge in [0.05, 0.1) is 0 Å². The Balaban J connectivity index is 3.76. The van der Waals surface area contributed by atoms with Crippen molar-refractivity contribution in [2.24, 2.45) is 81.6 Å². The van der Waals surface area contributed by atoms with Crippen LogP contribution in [0.1, 0.15) is 277 Å². The minimum atomic E-state index is -1.30. The van der Waals surface area contributed by atoms with Crippen molar-refractivity contribution in [2.45, 2.75) is 362 Å². The second-order valence-corrected chi connectivity index (χ2v) is 35.7. The van der Waals surface area contributed by atoms with Crippen molar-refractivity contribution >= 4 is 88.6 Å². The lowest BCUT2D eigenvalue weighted by Crippen LogP contribution is -2.61. The van der Waals surface area contributed by atoms with Crippen LogP contribution in [0, 0.1) is 41.4 Å². The molecule has 0 aliphatic carbocycles. The van der Waals surface area contributed by atoms with E-state index in [1.165, 1.54) is 11.8 Å². The fourth-order valence-electron chi connectivity index (χ4n) is 14.5. The number of amides is 15. The third kappa shape index (κ3) is 45.7. The first-order valence-electron chi connectivity index (χ1n) is 44.8. The molecule has 0 radical (unpaired) electrons. The molecule has 0 aromatic carbocycles. The predicted octanol–water partition coefficient (Wildman–Crippen LogP) is 0.882. The number of hydrogen-bond acceptors (Lipinski definition) is 21. The highest BCUT2D eigenvalue weighted by molar-refractivity contribution is 6.00. The Hall–Kier alpha value is -8.19. The summed E-state index contributed by atoms with van der Waals surface area (Å²) in [4.78, 5) is 215. The van der Waals surface area contributed by atoms with Gasteiger partial charge in [0.15, 0.2) is 0 Å². The number of carbonyl (C=O) groups excluding carboxylic acids is 15. The number of nitrogens with two attached hydrogens (primary N) is 7. The lowest BCUT2D eigenvalue weighted by atomic mass is 9.98. The van der Waals surface area contributed by atoms with E-state index in [1.807, 2.05) is 96.9 Å². The minimum absolute atomic E-state index is 0.00593. The molecule has 0 aromatic rings. The molecule has 1 rings (SSSR count). The monoisotopic (exact) mass is 1720 g/mol. The van der Waals surface area contributed by atoms with E-state index in [-0.39, 0.29) is 158 Å². The zero-order valence-corrected chi connectivity index (χ0v) is 75.8. The van der Waals surface area contributed by atoms with Gasteiger partial charge in [0.25, 0.3) is 0 Å². The Bertz CT molecular complexity index is 3180. The van der Waals surface area contributed by atoms with Gasteiger partial charge < -0.3 is 114 Å². The summed E-state index contributed by atoms with van der Waals surface area (Å²) < 4.78 is 0. The van der Waals surface area contributed by atoms with E-state index in [1.54, 1.807) is 0 Å². The third-order valence-corrected chi connectivity index (χ3v) is 20.8. The van der Waals surface area contributed by atoms with E-state index in [2.05, 4.69) is 69.1 Å². The van der Waals surface area contributed by atoms with E-state index in [0.29, 0.717) is 103 Å². The molecule has 696 valence electrons. The molecule has 0 unspecified atom stereocenters. The van der Waals surface area contributed by atoms with Gasteiger partial charge in [-0.2, -0.15) is 0 Å². The van der Waals surface area contributed by atoms with Crippen LogP contribution in [0.2, 0.25) is 0 Å². The van der Waals surface area contributed by atoms with Gasteiger partial charge in [0.2, 0.25) is 88.6 Å². The number of carbonyl (C=O) groups is 15. The Morgan fingerprint density at radius 3 is 0.678 bits per heavy atom. The highest BCUT2D eigenvalue weighted by atomic mass is 16.2. The third-order valence-electron chi connectivity index (χ3n) is 20.8. The van der Waals surface area contributed by atoms with Crippen molar-refractivity contribution in [1.82, 2.24) is 74.0 Å². The van der Waals surface area contributed by atoms with Crippen molar-refractivity contribution in [3.8, 4) is 0 Å². The van der Waals surface area contributed by atoms with Gasteiger partial charge in [-0.25, -0.2) is 0 Å². The van der Waals surface area contributed by atoms with Crippen LogP contribution in [0.25, 0.3) is 0 Å². The number of hydrogen-bond donors (Lipinski definition) is 20. The number of primary amides is 1. The van der Waals surface area contributed by atoms with Crippen molar-refractivity contribution in [1.29, 1.82) is 0 Å². The molecule has 14 atom stereocenters. The first-order chi connectivity index (χ1) is 57.1. The summed E-state index contributed by atoms with van der Waals surface area (Å²) in [6.45, 7) is 29.0. The summed E-state index contributed by atoms with van der Waals surface area (Å²) in [5.74, 6) is -11.1. The molecular formula is C85H161N21O15. The average Bonchev–Trinajstić information content (AvgIpc) is 1.71. The van der Waals surface area contributed by atoms with Crippen LogP contribution in [-0.2, 0) is 71.9 Å². The topological polar surface area (TPSA) is 598 Å². The molecule has 0 spiro atoms. The van der Waals surface area contributed by atoms with Gasteiger partial charge in [0, 0.05) is 13.5 Å². The molecule has 1 fully saturated rings. The maximum Gasteiger partial charge on any atom is 0.245 e. The fraction of sp³-hybridized carbons (Fsp3) is 0.824. The Kier molecular flexibility index (Phi) is 56.0. The summed E-state index contributed by atoms with van der Waals surface area (Å²) in [6.07, 6.45) is 7.52.